The van der Waals surface area contributed by atoms with Crippen LogP contribution in [0.5, 0.6) is 0 Å². The third-order valence-corrected chi connectivity index (χ3v) is 1.60. The van der Waals surface area contributed by atoms with Crippen LogP contribution >= 0.6 is 0 Å². The molecule has 0 aromatic carbocycles. The first-order chi connectivity index (χ1) is 4.72. The third kappa shape index (κ3) is 1.70. The Kier molecular flexibility index (Phi) is 2.27. The summed E-state index contributed by atoms with van der Waals surface area (Å²) in [5, 5.41) is 0. The second-order valence-electron chi connectivity index (χ2n) is 2.82. The summed E-state index contributed by atoms with van der Waals surface area (Å²) in [5.74, 6) is 0. The van der Waals surface area contributed by atoms with Crippen LogP contribution in [-0.4, -0.2) is 36.6 Å². The van der Waals surface area contributed by atoms with E-state index in [4.69, 9.17) is 4.74 Å². The second-order valence-corrected chi connectivity index (χ2v) is 2.82. The summed E-state index contributed by atoms with van der Waals surface area (Å²) in [4.78, 5) is 12.1. The molecule has 10 heavy (non-hydrogen) atoms. The van der Waals surface area contributed by atoms with Crippen LogP contribution in [0, 0.1) is 0 Å². The molecular formula is C7H13NO2. The minimum atomic E-state index is 0.189. The van der Waals surface area contributed by atoms with Gasteiger partial charge in [-0.3, -0.25) is 4.79 Å². The summed E-state index contributed by atoms with van der Waals surface area (Å²) < 4.78 is 5.42. The normalized spacial score (nSPS) is 34.0. The Morgan fingerprint density at radius 3 is 2.30 bits per heavy atom. The Morgan fingerprint density at radius 2 is 1.90 bits per heavy atom. The SMILES string of the molecule is CC1CN(C=O)C[C@H](C)O1. The summed E-state index contributed by atoms with van der Waals surface area (Å²) in [7, 11) is 0. The highest BCUT2D eigenvalue weighted by Crippen LogP contribution is 2.07. The van der Waals surface area contributed by atoms with Gasteiger partial charge in [0.1, 0.15) is 0 Å². The zero-order valence-corrected chi connectivity index (χ0v) is 6.41. The molecule has 0 aliphatic carbocycles. The van der Waals surface area contributed by atoms with Crippen LogP contribution in [0.3, 0.4) is 0 Å². The van der Waals surface area contributed by atoms with Crippen LogP contribution in [0.15, 0.2) is 0 Å². The average molecular weight is 143 g/mol. The molecule has 1 heterocycles. The van der Waals surface area contributed by atoms with Crippen molar-refractivity contribution in [3.63, 3.8) is 0 Å². The number of carbonyl (C=O) groups excluding carboxylic acids is 1. The van der Waals surface area contributed by atoms with Crippen LogP contribution in [0.4, 0.5) is 0 Å². The maximum absolute atomic E-state index is 10.3. The molecule has 3 heteroatoms. The molecule has 1 saturated heterocycles. The van der Waals surface area contributed by atoms with Crippen molar-refractivity contribution in [3.8, 4) is 0 Å². The smallest absolute Gasteiger partial charge is 0.209 e. The van der Waals surface area contributed by atoms with E-state index in [1.54, 1.807) is 4.90 Å². The molecule has 2 atom stereocenters. The van der Waals surface area contributed by atoms with E-state index in [-0.39, 0.29) is 12.2 Å². The number of hydrogen-bond acceptors (Lipinski definition) is 2. The monoisotopic (exact) mass is 143 g/mol. The Balaban J connectivity index is 2.42. The Labute approximate surface area is 61.0 Å². The highest BCUT2D eigenvalue weighted by atomic mass is 16.5. The fraction of sp³-hybridized carbons (Fsp3) is 0.857. The molecular weight excluding hydrogens is 130 g/mol. The van der Waals surface area contributed by atoms with Gasteiger partial charge in [0.15, 0.2) is 0 Å². The quantitative estimate of drug-likeness (QED) is 0.492. The molecule has 1 rings (SSSR count). The van der Waals surface area contributed by atoms with Crippen molar-refractivity contribution in [1.82, 2.24) is 4.90 Å². The lowest BCUT2D eigenvalue weighted by Crippen LogP contribution is -2.44. The minimum Gasteiger partial charge on any atom is -0.372 e. The van der Waals surface area contributed by atoms with Gasteiger partial charge in [0, 0.05) is 13.1 Å². The fourth-order valence-corrected chi connectivity index (χ4v) is 1.30. The largest absolute Gasteiger partial charge is 0.372 e. The molecule has 1 amide bonds. The summed E-state index contributed by atoms with van der Waals surface area (Å²) in [6, 6.07) is 0. The molecule has 1 unspecified atom stereocenters. The zero-order chi connectivity index (χ0) is 7.56. The molecule has 0 N–H and O–H groups in total. The molecule has 1 aliphatic rings. The predicted molar refractivity (Wildman–Crippen MR) is 37.6 cm³/mol. The number of morpholine rings is 1. The first kappa shape index (κ1) is 7.54. The van der Waals surface area contributed by atoms with E-state index < -0.39 is 0 Å². The van der Waals surface area contributed by atoms with Crippen molar-refractivity contribution >= 4 is 6.41 Å². The van der Waals surface area contributed by atoms with E-state index in [1.807, 2.05) is 13.8 Å². The van der Waals surface area contributed by atoms with Crippen molar-refractivity contribution in [1.29, 1.82) is 0 Å². The van der Waals surface area contributed by atoms with Crippen molar-refractivity contribution < 1.29 is 9.53 Å². The van der Waals surface area contributed by atoms with Crippen LogP contribution in [0.25, 0.3) is 0 Å². The van der Waals surface area contributed by atoms with Crippen LogP contribution in [0.2, 0.25) is 0 Å². The topological polar surface area (TPSA) is 29.5 Å². The summed E-state index contributed by atoms with van der Waals surface area (Å²) in [6.07, 6.45) is 1.26. The number of carbonyl (C=O) groups is 1. The van der Waals surface area contributed by atoms with Gasteiger partial charge in [-0.25, -0.2) is 0 Å². The van der Waals surface area contributed by atoms with E-state index in [0.717, 1.165) is 19.5 Å². The Morgan fingerprint density at radius 1 is 1.40 bits per heavy atom. The second kappa shape index (κ2) is 3.01. The molecule has 0 radical (unpaired) electrons. The number of hydrogen-bond donors (Lipinski definition) is 0. The first-order valence-electron chi connectivity index (χ1n) is 3.57. The van der Waals surface area contributed by atoms with Crippen molar-refractivity contribution in [2.75, 3.05) is 13.1 Å². The van der Waals surface area contributed by atoms with Crippen molar-refractivity contribution in [3.05, 3.63) is 0 Å². The minimum absolute atomic E-state index is 0.189. The molecule has 3 nitrogen and oxygen atoms in total. The third-order valence-electron chi connectivity index (χ3n) is 1.60. The highest BCUT2D eigenvalue weighted by Gasteiger charge is 2.20. The van der Waals surface area contributed by atoms with Gasteiger partial charge in [0.05, 0.1) is 12.2 Å². The lowest BCUT2D eigenvalue weighted by atomic mass is 10.2. The fourth-order valence-electron chi connectivity index (χ4n) is 1.30. The van der Waals surface area contributed by atoms with E-state index >= 15 is 0 Å². The maximum Gasteiger partial charge on any atom is 0.209 e. The Hall–Kier alpha value is -0.570. The van der Waals surface area contributed by atoms with Gasteiger partial charge in [0.25, 0.3) is 0 Å². The predicted octanol–water partition coefficient (Wildman–Crippen LogP) is 0.252. The van der Waals surface area contributed by atoms with Crippen LogP contribution < -0.4 is 0 Å². The standard InChI is InChI=1S/C7H13NO2/c1-6-3-8(5-9)4-7(2)10-6/h5-7H,3-4H2,1-2H3/t6-,7?/m0/s1. The van der Waals surface area contributed by atoms with Crippen LogP contribution in [-0.2, 0) is 9.53 Å². The van der Waals surface area contributed by atoms with Crippen molar-refractivity contribution in [2.45, 2.75) is 26.1 Å². The number of nitrogens with zero attached hydrogens (tertiary/aromatic N) is 1. The number of ether oxygens (including phenoxy) is 1. The lowest BCUT2D eigenvalue weighted by Gasteiger charge is -2.32. The van der Waals surface area contributed by atoms with Crippen molar-refractivity contribution in [2.24, 2.45) is 0 Å². The van der Waals surface area contributed by atoms with E-state index in [1.165, 1.54) is 0 Å². The van der Waals surface area contributed by atoms with Crippen LogP contribution in [0.1, 0.15) is 13.8 Å². The molecule has 0 aromatic heterocycles. The first-order valence-corrected chi connectivity index (χ1v) is 3.57. The summed E-state index contributed by atoms with van der Waals surface area (Å²) >= 11 is 0. The Bertz CT molecular complexity index is 117. The molecule has 1 aliphatic heterocycles. The highest BCUT2D eigenvalue weighted by molar-refractivity contribution is 5.47. The number of amides is 1. The molecule has 0 aromatic rings. The molecule has 1 fully saturated rings. The maximum atomic E-state index is 10.3. The van der Waals surface area contributed by atoms with Gasteiger partial charge < -0.3 is 9.64 Å². The number of rotatable bonds is 1. The van der Waals surface area contributed by atoms with Gasteiger partial charge in [-0.15, -0.1) is 0 Å². The van der Waals surface area contributed by atoms with Gasteiger partial charge in [-0.1, -0.05) is 0 Å². The van der Waals surface area contributed by atoms with E-state index in [2.05, 4.69) is 0 Å². The van der Waals surface area contributed by atoms with E-state index in [9.17, 15) is 4.79 Å². The zero-order valence-electron chi connectivity index (χ0n) is 6.41. The van der Waals surface area contributed by atoms with E-state index in [0.29, 0.717) is 0 Å². The molecule has 0 bridgehead atoms. The lowest BCUT2D eigenvalue weighted by molar-refractivity contribution is -0.130. The average Bonchev–Trinajstić information content (AvgIpc) is 1.85. The summed E-state index contributed by atoms with van der Waals surface area (Å²) in [6.45, 7) is 5.42. The van der Waals surface area contributed by atoms with Gasteiger partial charge in [-0.2, -0.15) is 0 Å². The molecule has 0 spiro atoms. The molecule has 0 saturated carbocycles. The summed E-state index contributed by atoms with van der Waals surface area (Å²) in [5.41, 5.74) is 0. The van der Waals surface area contributed by atoms with Gasteiger partial charge >= 0.3 is 0 Å². The van der Waals surface area contributed by atoms with Gasteiger partial charge in [-0.05, 0) is 13.8 Å². The van der Waals surface area contributed by atoms with Gasteiger partial charge in [0.2, 0.25) is 6.41 Å². The molecule has 58 valence electrons.